The van der Waals surface area contributed by atoms with Gasteiger partial charge >= 0.3 is 0 Å². The highest BCUT2D eigenvalue weighted by Crippen LogP contribution is 2.30. The highest BCUT2D eigenvalue weighted by Gasteiger charge is 2.22. The van der Waals surface area contributed by atoms with Gasteiger partial charge in [0.1, 0.15) is 11.4 Å². The highest BCUT2D eigenvalue weighted by molar-refractivity contribution is 7.97. The Kier molecular flexibility index (Phi) is 20.1. The number of thiazole rings is 2. The average Bonchev–Trinajstić information content (AvgIpc) is 3.85. The Morgan fingerprint density at radius 3 is 1.71 bits per heavy atom. The lowest BCUT2D eigenvalue weighted by atomic mass is 9.96. The molecule has 3 aromatic carbocycles. The number of nitrogens with zero attached hydrogens (tertiary/aromatic N) is 5. The average molecular weight is 858 g/mol. The molecule has 0 atom stereocenters. The summed E-state index contributed by atoms with van der Waals surface area (Å²) < 4.78 is 11.0. The fraction of sp³-hybridized carbons (Fsp3) is 0.386. The van der Waals surface area contributed by atoms with Crippen LogP contribution in [0, 0.1) is 31.1 Å². The molecule has 2 N–H and O–H groups in total. The maximum absolute atomic E-state index is 12.3. The van der Waals surface area contributed by atoms with Crippen molar-refractivity contribution in [1.82, 2.24) is 19.4 Å². The van der Waals surface area contributed by atoms with Crippen LogP contribution in [-0.2, 0) is 24.2 Å². The van der Waals surface area contributed by atoms with Crippen molar-refractivity contribution in [2.75, 3.05) is 48.6 Å². The minimum absolute atomic E-state index is 0.119. The van der Waals surface area contributed by atoms with Gasteiger partial charge in [0.2, 0.25) is 0 Å². The molecule has 3 heterocycles. The Morgan fingerprint density at radius 2 is 1.22 bits per heavy atom. The van der Waals surface area contributed by atoms with E-state index in [1.165, 1.54) is 46.4 Å². The summed E-state index contributed by atoms with van der Waals surface area (Å²) in [5, 5.41) is 11.1. The van der Waals surface area contributed by atoms with Crippen LogP contribution in [0.4, 0.5) is 10.3 Å². The van der Waals surface area contributed by atoms with Gasteiger partial charge in [-0.1, -0.05) is 117 Å². The molecule has 1 fully saturated rings. The van der Waals surface area contributed by atoms with Gasteiger partial charge < -0.3 is 14.5 Å². The summed E-state index contributed by atoms with van der Waals surface area (Å²) in [6.45, 7) is 12.8. The summed E-state index contributed by atoms with van der Waals surface area (Å²) in [6, 6.07) is 30.6. The molecule has 1 aliphatic rings. The smallest absolute Gasteiger partial charge is 0.280 e. The molecule has 6 rings (SSSR count). The maximum atomic E-state index is 12.3. The number of anilines is 2. The monoisotopic (exact) mass is 857 g/mol. The fourth-order valence-corrected chi connectivity index (χ4v) is 8.73. The Balaban J connectivity index is 0.000000247. The van der Waals surface area contributed by atoms with Gasteiger partial charge in [0.05, 0.1) is 11.6 Å². The molecule has 308 valence electrons. The number of hydrogen-bond donors (Lipinski definition) is 2. The lowest BCUT2D eigenvalue weighted by Gasteiger charge is -2.27. The van der Waals surface area contributed by atoms with E-state index in [0.717, 1.165) is 77.6 Å². The molecular weight excluding hydrogens is 803 g/mol. The molecule has 10 nitrogen and oxygen atoms in total. The van der Waals surface area contributed by atoms with E-state index >= 15 is 0 Å². The Bertz CT molecular complexity index is 2030. The minimum atomic E-state index is -0.174. The molecule has 2 amide bonds. The van der Waals surface area contributed by atoms with Gasteiger partial charge in [-0.25, -0.2) is 9.97 Å². The van der Waals surface area contributed by atoms with Crippen molar-refractivity contribution in [3.63, 3.8) is 0 Å². The number of aryl methyl sites for hydroxylation is 2. The van der Waals surface area contributed by atoms with Gasteiger partial charge in [-0.3, -0.25) is 19.0 Å². The third-order valence-electron chi connectivity index (χ3n) is 9.30. The van der Waals surface area contributed by atoms with Gasteiger partial charge in [0, 0.05) is 61.7 Å². The first-order valence-corrected chi connectivity index (χ1v) is 23.6. The predicted octanol–water partition coefficient (Wildman–Crippen LogP) is 9.89. The van der Waals surface area contributed by atoms with E-state index in [-0.39, 0.29) is 11.8 Å². The molecule has 1 saturated heterocycles. The van der Waals surface area contributed by atoms with Crippen LogP contribution in [0.15, 0.2) is 84.9 Å². The van der Waals surface area contributed by atoms with Crippen LogP contribution in [0.25, 0.3) is 0 Å². The first-order chi connectivity index (χ1) is 28.3. The van der Waals surface area contributed by atoms with Crippen molar-refractivity contribution >= 4 is 68.6 Å². The van der Waals surface area contributed by atoms with E-state index in [4.69, 9.17) is 4.74 Å². The van der Waals surface area contributed by atoms with Crippen molar-refractivity contribution in [2.45, 2.75) is 66.5 Å². The highest BCUT2D eigenvalue weighted by atomic mass is 32.2. The Morgan fingerprint density at radius 1 is 0.759 bits per heavy atom. The number of aromatic nitrogens is 2. The van der Waals surface area contributed by atoms with Crippen LogP contribution >= 0.6 is 46.6 Å². The van der Waals surface area contributed by atoms with Crippen molar-refractivity contribution in [3.8, 4) is 6.07 Å². The molecule has 0 aliphatic carbocycles. The van der Waals surface area contributed by atoms with Gasteiger partial charge in [-0.15, -0.1) is 22.7 Å². The standard InChI is InChI=1S/C22H22N4OS2.C20H27N3O2S2.C2H6/c1-16-20(21(27)25-28-2)24-22(29-16)26(15-17-8-4-3-5-9-17)13-12-18-10-6-7-11-19(18)14-23;1-15-18(19(24)22-26-2)21-20(27-15)23(14-17-6-4-3-5-7-17)11-8-16-9-12-25-13-10-16;1-2/h3-11H,12-13,15H2,1-2H3,(H,25,27);3-7,16H,8-14H2,1-2H3,(H,22,24);1-2H3. The third-order valence-corrected chi connectivity index (χ3v) is 12.1. The quantitative estimate of drug-likeness (QED) is 0.0928. The van der Waals surface area contributed by atoms with Gasteiger partial charge in [0.15, 0.2) is 10.3 Å². The summed E-state index contributed by atoms with van der Waals surface area (Å²) in [6.07, 6.45) is 7.78. The zero-order chi connectivity index (χ0) is 41.7. The fourth-order valence-electron chi connectivity index (χ4n) is 6.31. The van der Waals surface area contributed by atoms with Crippen LogP contribution < -0.4 is 19.2 Å². The summed E-state index contributed by atoms with van der Waals surface area (Å²) in [7, 11) is 0. The number of hydrogen-bond acceptors (Lipinski definition) is 12. The topological polar surface area (TPSA) is 123 Å². The Labute approximate surface area is 361 Å². The molecular formula is C44H55N7O3S4. The van der Waals surface area contributed by atoms with E-state index < -0.39 is 0 Å². The summed E-state index contributed by atoms with van der Waals surface area (Å²) in [5.41, 5.74) is 5.14. The summed E-state index contributed by atoms with van der Waals surface area (Å²) in [4.78, 5) is 40.2. The molecule has 5 aromatic rings. The number of nitriles is 1. The zero-order valence-corrected chi connectivity index (χ0v) is 37.6. The lowest BCUT2D eigenvalue weighted by Crippen LogP contribution is -2.27. The van der Waals surface area contributed by atoms with Crippen molar-refractivity contribution in [2.24, 2.45) is 5.92 Å². The molecule has 0 spiro atoms. The van der Waals surface area contributed by atoms with Crippen LogP contribution in [0.2, 0.25) is 0 Å². The number of benzene rings is 3. The van der Waals surface area contributed by atoms with Crippen molar-refractivity contribution < 1.29 is 14.3 Å². The number of amides is 2. The molecule has 1 aliphatic heterocycles. The number of carbonyl (C=O) groups excluding carboxylic acids is 2. The molecule has 0 radical (unpaired) electrons. The molecule has 58 heavy (non-hydrogen) atoms. The summed E-state index contributed by atoms with van der Waals surface area (Å²) in [5.74, 6) is 0.413. The van der Waals surface area contributed by atoms with Crippen LogP contribution in [0.1, 0.15) is 86.1 Å². The number of carbonyl (C=O) groups is 2. The molecule has 0 saturated carbocycles. The molecule has 14 heteroatoms. The lowest BCUT2D eigenvalue weighted by molar-refractivity contribution is 0.0644. The predicted molar refractivity (Wildman–Crippen MR) is 245 cm³/mol. The first-order valence-electron chi connectivity index (χ1n) is 19.5. The van der Waals surface area contributed by atoms with Crippen LogP contribution in [0.5, 0.6) is 0 Å². The number of nitrogens with one attached hydrogen (secondary N) is 2. The van der Waals surface area contributed by atoms with Crippen molar-refractivity contribution in [3.05, 3.63) is 128 Å². The van der Waals surface area contributed by atoms with Crippen molar-refractivity contribution in [1.29, 1.82) is 5.26 Å². The van der Waals surface area contributed by atoms with Crippen LogP contribution in [-0.4, -0.2) is 60.6 Å². The minimum Gasteiger partial charge on any atom is -0.381 e. The van der Waals surface area contributed by atoms with Gasteiger partial charge in [-0.2, -0.15) is 5.26 Å². The third kappa shape index (κ3) is 14.2. The molecule has 2 aromatic heterocycles. The van der Waals surface area contributed by atoms with Gasteiger partial charge in [0.25, 0.3) is 11.8 Å². The second-order valence-electron chi connectivity index (χ2n) is 13.3. The number of rotatable bonds is 16. The number of ether oxygens (including phenoxy) is 1. The maximum Gasteiger partial charge on any atom is 0.280 e. The molecule has 0 bridgehead atoms. The van der Waals surface area contributed by atoms with E-state index in [1.54, 1.807) is 11.3 Å². The van der Waals surface area contributed by atoms with E-state index in [0.29, 0.717) is 36.0 Å². The normalized spacial score (nSPS) is 12.2. The van der Waals surface area contributed by atoms with E-state index in [1.807, 2.05) is 88.7 Å². The largest absolute Gasteiger partial charge is 0.381 e. The van der Waals surface area contributed by atoms with Gasteiger partial charge in [-0.05, 0) is 68.2 Å². The van der Waals surface area contributed by atoms with Crippen LogP contribution in [0.3, 0.4) is 0 Å². The Hall–Kier alpha value is -4.39. The van der Waals surface area contributed by atoms with E-state index in [9.17, 15) is 14.9 Å². The molecule has 0 unspecified atom stereocenters. The second kappa shape index (κ2) is 25.2. The second-order valence-corrected chi connectivity index (χ2v) is 16.8. The first kappa shape index (κ1) is 46.3. The van der Waals surface area contributed by atoms with E-state index in [2.05, 4.69) is 71.7 Å². The zero-order valence-electron chi connectivity index (χ0n) is 34.3. The summed E-state index contributed by atoms with van der Waals surface area (Å²) >= 11 is 5.69. The SMILES string of the molecule is CC.CSNC(=O)c1nc(N(CCC2CCOCC2)Cc2ccccc2)sc1C.CSNC(=O)c1nc(N(CCc2ccccc2C#N)Cc2ccccc2)sc1C.